The summed E-state index contributed by atoms with van der Waals surface area (Å²) >= 11 is 0. The van der Waals surface area contributed by atoms with Crippen molar-refractivity contribution in [2.24, 2.45) is 11.3 Å². The normalized spacial score (nSPS) is 23.4. The van der Waals surface area contributed by atoms with Crippen molar-refractivity contribution >= 4 is 17.7 Å². The summed E-state index contributed by atoms with van der Waals surface area (Å²) < 4.78 is 14.0. The molecule has 2 aromatic carbocycles. The Morgan fingerprint density at radius 3 is 2.62 bits per heavy atom. The number of carbonyl (C=O) groups is 3. The Hall–Kier alpha value is -3.26. The minimum atomic E-state index is -0.320. The molecule has 2 aromatic rings. The molecule has 2 unspecified atom stereocenters. The van der Waals surface area contributed by atoms with E-state index in [-0.39, 0.29) is 59.5 Å². The average molecular weight is 537 g/mol. The summed E-state index contributed by atoms with van der Waals surface area (Å²) in [6.07, 6.45) is 3.84. The summed E-state index contributed by atoms with van der Waals surface area (Å²) in [6.45, 7) is 10.3. The van der Waals surface area contributed by atoms with Crippen LogP contribution in [0.1, 0.15) is 86.5 Å². The van der Waals surface area contributed by atoms with E-state index in [0.29, 0.717) is 12.0 Å². The molecule has 2 aliphatic rings. The van der Waals surface area contributed by atoms with Crippen molar-refractivity contribution in [2.75, 3.05) is 6.54 Å². The molecule has 3 amide bonds. The second-order valence-electron chi connectivity index (χ2n) is 11.8. The molecule has 7 nitrogen and oxygen atoms in total. The van der Waals surface area contributed by atoms with Gasteiger partial charge in [0.2, 0.25) is 11.8 Å². The fourth-order valence-electron chi connectivity index (χ4n) is 5.95. The van der Waals surface area contributed by atoms with E-state index in [4.69, 9.17) is 0 Å². The molecular formula is C31H41FN4O3. The zero-order chi connectivity index (χ0) is 28.3. The first kappa shape index (κ1) is 28.7. The van der Waals surface area contributed by atoms with Gasteiger partial charge >= 0.3 is 0 Å². The van der Waals surface area contributed by atoms with Crippen molar-refractivity contribution < 1.29 is 18.8 Å². The van der Waals surface area contributed by atoms with E-state index in [0.717, 1.165) is 42.4 Å². The molecule has 2 fully saturated rings. The van der Waals surface area contributed by atoms with Gasteiger partial charge in [-0.15, -0.1) is 0 Å². The van der Waals surface area contributed by atoms with Crippen molar-refractivity contribution in [1.29, 1.82) is 0 Å². The Balaban J connectivity index is 1.44. The van der Waals surface area contributed by atoms with Crippen LogP contribution in [0.2, 0.25) is 0 Å². The molecule has 2 aliphatic heterocycles. The van der Waals surface area contributed by atoms with Crippen molar-refractivity contribution in [1.82, 2.24) is 21.1 Å². The molecule has 8 heteroatoms. The van der Waals surface area contributed by atoms with Gasteiger partial charge in [-0.2, -0.15) is 0 Å². The van der Waals surface area contributed by atoms with Crippen LogP contribution in [0.15, 0.2) is 42.5 Å². The van der Waals surface area contributed by atoms with Crippen LogP contribution in [0.25, 0.3) is 0 Å². The minimum Gasteiger partial charge on any atom is -0.343 e. The molecule has 0 aromatic heterocycles. The van der Waals surface area contributed by atoms with Crippen LogP contribution in [-0.4, -0.2) is 41.2 Å². The number of halogens is 1. The first-order valence-electron chi connectivity index (χ1n) is 14.0. The monoisotopic (exact) mass is 536 g/mol. The molecule has 0 aliphatic carbocycles. The highest BCUT2D eigenvalue weighted by Crippen LogP contribution is 2.44. The maximum atomic E-state index is 14.0. The molecule has 2 saturated heterocycles. The Bertz CT molecular complexity index is 1230. The Morgan fingerprint density at radius 1 is 1.15 bits per heavy atom. The molecule has 0 radical (unpaired) electrons. The number of hydrazine groups is 1. The zero-order valence-electron chi connectivity index (χ0n) is 23.6. The lowest BCUT2D eigenvalue weighted by Gasteiger charge is -2.40. The molecular weight excluding hydrogens is 495 g/mol. The highest BCUT2D eigenvalue weighted by Gasteiger charge is 2.44. The third kappa shape index (κ3) is 6.49. The maximum absolute atomic E-state index is 14.0. The van der Waals surface area contributed by atoms with Crippen LogP contribution >= 0.6 is 0 Å². The highest BCUT2D eigenvalue weighted by molar-refractivity contribution is 5.96. The van der Waals surface area contributed by atoms with Gasteiger partial charge in [0.25, 0.3) is 5.91 Å². The van der Waals surface area contributed by atoms with E-state index in [9.17, 15) is 18.8 Å². The predicted octanol–water partition coefficient (Wildman–Crippen LogP) is 4.60. The second-order valence-corrected chi connectivity index (χ2v) is 11.8. The minimum absolute atomic E-state index is 0.00315. The first-order chi connectivity index (χ1) is 18.5. The average Bonchev–Trinajstić information content (AvgIpc) is 3.37. The van der Waals surface area contributed by atoms with Gasteiger partial charge in [-0.25, -0.2) is 9.82 Å². The zero-order valence-corrected chi connectivity index (χ0v) is 23.6. The smallest absolute Gasteiger partial charge is 0.251 e. The van der Waals surface area contributed by atoms with Crippen LogP contribution < -0.4 is 16.2 Å². The number of hydrogen-bond acceptors (Lipinski definition) is 4. The quantitative estimate of drug-likeness (QED) is 0.460. The number of nitrogens with one attached hydrogen (secondary N) is 3. The standard InChI is InChI=1S/C31H41FN4O3/c1-6-31(4,5)27-13-12-26(22-8-7-9-25(32)17-22)36(27)28(37)18-33-29(38)23-11-10-21(19(2)14-23)16-24-15-20(3)34-35-30(24)39/h7-11,14,17,20,24,26-27,34H,6,12-13,15-16,18H2,1-5H3,(H,33,38)(H,35,39)/t20?,24?,26-,27+/m0/s1. The largest absolute Gasteiger partial charge is 0.343 e. The van der Waals surface area contributed by atoms with Crippen molar-refractivity contribution in [3.05, 3.63) is 70.5 Å². The predicted molar refractivity (Wildman–Crippen MR) is 149 cm³/mol. The van der Waals surface area contributed by atoms with E-state index in [1.165, 1.54) is 12.1 Å². The topological polar surface area (TPSA) is 90.5 Å². The van der Waals surface area contributed by atoms with Crippen LogP contribution in [0.4, 0.5) is 4.39 Å². The molecule has 0 bridgehead atoms. The summed E-state index contributed by atoms with van der Waals surface area (Å²) in [5, 5.41) is 2.81. The van der Waals surface area contributed by atoms with Gasteiger partial charge in [0.1, 0.15) is 5.82 Å². The number of carbonyl (C=O) groups excluding carboxylic acids is 3. The summed E-state index contributed by atoms with van der Waals surface area (Å²) in [6, 6.07) is 11.9. The number of likely N-dealkylation sites (tertiary alicyclic amines) is 1. The van der Waals surface area contributed by atoms with Gasteiger partial charge < -0.3 is 10.2 Å². The van der Waals surface area contributed by atoms with Crippen molar-refractivity contribution in [3.8, 4) is 0 Å². The van der Waals surface area contributed by atoms with Gasteiger partial charge in [-0.05, 0) is 92.3 Å². The number of rotatable bonds is 8. The molecule has 0 spiro atoms. The summed E-state index contributed by atoms with van der Waals surface area (Å²) in [5.74, 6) is -0.944. The van der Waals surface area contributed by atoms with E-state index in [1.54, 1.807) is 12.1 Å². The molecule has 4 rings (SSSR count). The molecule has 3 N–H and O–H groups in total. The number of amides is 3. The molecule has 210 valence electrons. The van der Waals surface area contributed by atoms with Gasteiger partial charge in [0.15, 0.2) is 0 Å². The summed E-state index contributed by atoms with van der Waals surface area (Å²) in [7, 11) is 0. The Kier molecular flexibility index (Phi) is 8.74. The molecule has 4 atom stereocenters. The molecule has 2 heterocycles. The third-order valence-electron chi connectivity index (χ3n) is 8.64. The van der Waals surface area contributed by atoms with E-state index < -0.39 is 0 Å². The van der Waals surface area contributed by atoms with Crippen LogP contribution in [0.5, 0.6) is 0 Å². The SMILES string of the molecule is CCC(C)(C)[C@H]1CC[C@@H](c2cccc(F)c2)N1C(=O)CNC(=O)c1ccc(CC2CC(C)NNC2=O)c(C)c1. The lowest BCUT2D eigenvalue weighted by atomic mass is 9.80. The van der Waals surface area contributed by atoms with Gasteiger partial charge in [-0.3, -0.25) is 19.8 Å². The molecule has 39 heavy (non-hydrogen) atoms. The van der Waals surface area contributed by atoms with Gasteiger partial charge in [-0.1, -0.05) is 39.0 Å². The Morgan fingerprint density at radius 2 is 1.92 bits per heavy atom. The van der Waals surface area contributed by atoms with Gasteiger partial charge in [0.05, 0.1) is 12.6 Å². The fraction of sp³-hybridized carbons (Fsp3) is 0.516. The van der Waals surface area contributed by atoms with Gasteiger partial charge in [0, 0.05) is 23.6 Å². The lowest BCUT2D eigenvalue weighted by molar-refractivity contribution is -0.135. The van der Waals surface area contributed by atoms with E-state index in [2.05, 4.69) is 36.9 Å². The summed E-state index contributed by atoms with van der Waals surface area (Å²) in [4.78, 5) is 40.7. The van der Waals surface area contributed by atoms with Crippen LogP contribution in [0.3, 0.4) is 0 Å². The summed E-state index contributed by atoms with van der Waals surface area (Å²) in [5.41, 5.74) is 8.79. The number of nitrogens with zero attached hydrogens (tertiary/aromatic N) is 1. The second kappa shape index (κ2) is 11.9. The van der Waals surface area contributed by atoms with Crippen LogP contribution in [0, 0.1) is 24.1 Å². The van der Waals surface area contributed by atoms with Crippen molar-refractivity contribution in [2.45, 2.75) is 84.8 Å². The number of benzene rings is 2. The number of hydrogen-bond donors (Lipinski definition) is 3. The van der Waals surface area contributed by atoms with E-state index >= 15 is 0 Å². The molecule has 0 saturated carbocycles. The fourth-order valence-corrected chi connectivity index (χ4v) is 5.95. The first-order valence-corrected chi connectivity index (χ1v) is 14.0. The lowest BCUT2D eigenvalue weighted by Crippen LogP contribution is -2.52. The Labute approximate surface area is 230 Å². The van der Waals surface area contributed by atoms with Crippen molar-refractivity contribution in [3.63, 3.8) is 0 Å². The van der Waals surface area contributed by atoms with Crippen LogP contribution in [-0.2, 0) is 16.0 Å². The maximum Gasteiger partial charge on any atom is 0.251 e. The third-order valence-corrected chi connectivity index (χ3v) is 8.64. The number of aryl methyl sites for hydroxylation is 1. The van der Waals surface area contributed by atoms with E-state index in [1.807, 2.05) is 36.9 Å². The highest BCUT2D eigenvalue weighted by atomic mass is 19.1.